The first-order chi connectivity index (χ1) is 8.82. The van der Waals surface area contributed by atoms with Gasteiger partial charge in [-0.2, -0.15) is 0 Å². The highest BCUT2D eigenvalue weighted by molar-refractivity contribution is 4.99. The SMILES string of the molecule is CCCNC(CCCOC)C1CC(C)(C)OC1(C)C. The van der Waals surface area contributed by atoms with Crippen molar-refractivity contribution in [2.24, 2.45) is 5.92 Å². The third kappa shape index (κ3) is 5.05. The predicted molar refractivity (Wildman–Crippen MR) is 80.5 cm³/mol. The average Bonchev–Trinajstić information content (AvgIpc) is 2.52. The molecule has 0 aromatic heterocycles. The Bertz CT molecular complexity index is 263. The Labute approximate surface area is 119 Å². The minimum atomic E-state index is -0.0397. The van der Waals surface area contributed by atoms with Crippen molar-refractivity contribution in [3.63, 3.8) is 0 Å². The van der Waals surface area contributed by atoms with E-state index in [-0.39, 0.29) is 11.2 Å². The van der Waals surface area contributed by atoms with E-state index in [1.54, 1.807) is 7.11 Å². The summed E-state index contributed by atoms with van der Waals surface area (Å²) in [7, 11) is 1.78. The molecule has 1 saturated heterocycles. The largest absolute Gasteiger partial charge is 0.385 e. The molecule has 0 spiro atoms. The quantitative estimate of drug-likeness (QED) is 0.687. The summed E-state index contributed by atoms with van der Waals surface area (Å²) in [6.07, 6.45) is 4.60. The molecule has 0 aromatic rings. The van der Waals surface area contributed by atoms with Crippen molar-refractivity contribution in [3.8, 4) is 0 Å². The molecule has 0 amide bonds. The molecule has 2 unspecified atom stereocenters. The van der Waals surface area contributed by atoms with Crippen molar-refractivity contribution in [2.45, 2.75) is 77.5 Å². The average molecular weight is 271 g/mol. The second-order valence-corrected chi connectivity index (χ2v) is 6.97. The summed E-state index contributed by atoms with van der Waals surface area (Å²) in [5.41, 5.74) is -0.0381. The van der Waals surface area contributed by atoms with Gasteiger partial charge in [-0.05, 0) is 59.9 Å². The van der Waals surface area contributed by atoms with Gasteiger partial charge in [0.05, 0.1) is 11.2 Å². The monoisotopic (exact) mass is 271 g/mol. The number of nitrogens with one attached hydrogen (secondary N) is 1. The first-order valence-electron chi connectivity index (χ1n) is 7.75. The Morgan fingerprint density at radius 3 is 2.47 bits per heavy atom. The molecule has 3 nitrogen and oxygen atoms in total. The first-order valence-corrected chi connectivity index (χ1v) is 7.75. The molecule has 1 rings (SSSR count). The maximum atomic E-state index is 6.24. The Kier molecular flexibility index (Phi) is 6.28. The molecule has 2 atom stereocenters. The standard InChI is InChI=1S/C16H33NO2/c1-7-10-17-14(9-8-11-18-6)13-12-15(2,3)19-16(13,4)5/h13-14,17H,7-12H2,1-6H3. The van der Waals surface area contributed by atoms with Crippen LogP contribution in [-0.2, 0) is 9.47 Å². The van der Waals surface area contributed by atoms with Crippen LogP contribution in [0.1, 0.15) is 60.3 Å². The molecule has 1 aliphatic rings. The predicted octanol–water partition coefficient (Wildman–Crippen LogP) is 3.37. The van der Waals surface area contributed by atoms with Crippen LogP contribution in [0.15, 0.2) is 0 Å². The van der Waals surface area contributed by atoms with E-state index in [9.17, 15) is 0 Å². The number of hydrogen-bond acceptors (Lipinski definition) is 3. The van der Waals surface area contributed by atoms with Crippen LogP contribution < -0.4 is 5.32 Å². The lowest BCUT2D eigenvalue weighted by atomic mass is 9.80. The molecular formula is C16H33NO2. The van der Waals surface area contributed by atoms with Crippen molar-refractivity contribution < 1.29 is 9.47 Å². The highest BCUT2D eigenvalue weighted by Gasteiger charge is 2.48. The fourth-order valence-electron chi connectivity index (χ4n) is 3.45. The van der Waals surface area contributed by atoms with Crippen molar-refractivity contribution >= 4 is 0 Å². The summed E-state index contributed by atoms with van der Waals surface area (Å²) >= 11 is 0. The lowest BCUT2D eigenvalue weighted by Gasteiger charge is -2.33. The molecule has 0 aromatic carbocycles. The van der Waals surface area contributed by atoms with Crippen LogP contribution in [0, 0.1) is 5.92 Å². The summed E-state index contributed by atoms with van der Waals surface area (Å²) in [6.45, 7) is 13.1. The van der Waals surface area contributed by atoms with E-state index < -0.39 is 0 Å². The van der Waals surface area contributed by atoms with Crippen molar-refractivity contribution in [3.05, 3.63) is 0 Å². The first kappa shape index (κ1) is 16.9. The van der Waals surface area contributed by atoms with Crippen LogP contribution in [0.5, 0.6) is 0 Å². The third-order valence-electron chi connectivity index (χ3n) is 4.15. The van der Waals surface area contributed by atoms with Crippen LogP contribution in [0.4, 0.5) is 0 Å². The molecule has 3 heteroatoms. The third-order valence-corrected chi connectivity index (χ3v) is 4.15. The van der Waals surface area contributed by atoms with Crippen molar-refractivity contribution in [2.75, 3.05) is 20.3 Å². The Balaban J connectivity index is 2.67. The van der Waals surface area contributed by atoms with Gasteiger partial charge >= 0.3 is 0 Å². The summed E-state index contributed by atoms with van der Waals surface area (Å²) in [5.74, 6) is 0.575. The second kappa shape index (κ2) is 7.05. The minimum Gasteiger partial charge on any atom is -0.385 e. The van der Waals surface area contributed by atoms with E-state index in [1.165, 1.54) is 12.8 Å². The van der Waals surface area contributed by atoms with Crippen molar-refractivity contribution in [1.29, 1.82) is 0 Å². The van der Waals surface area contributed by atoms with E-state index in [0.29, 0.717) is 12.0 Å². The zero-order chi connectivity index (χ0) is 14.5. The number of rotatable bonds is 8. The molecule has 1 heterocycles. The van der Waals surface area contributed by atoms with Gasteiger partial charge in [0.1, 0.15) is 0 Å². The fourth-order valence-corrected chi connectivity index (χ4v) is 3.45. The van der Waals surface area contributed by atoms with Gasteiger partial charge in [0.2, 0.25) is 0 Å². The molecule has 0 bridgehead atoms. The van der Waals surface area contributed by atoms with Gasteiger partial charge in [0.25, 0.3) is 0 Å². The number of hydrogen-bond donors (Lipinski definition) is 1. The van der Waals surface area contributed by atoms with E-state index in [4.69, 9.17) is 9.47 Å². The zero-order valence-corrected chi connectivity index (χ0v) is 13.7. The van der Waals surface area contributed by atoms with E-state index in [2.05, 4.69) is 39.9 Å². The van der Waals surface area contributed by atoms with E-state index in [1.807, 2.05) is 0 Å². The molecule has 1 fully saturated rings. The maximum absolute atomic E-state index is 6.24. The van der Waals surface area contributed by atoms with Gasteiger partial charge in [0.15, 0.2) is 0 Å². The van der Waals surface area contributed by atoms with Crippen molar-refractivity contribution in [1.82, 2.24) is 5.32 Å². The second-order valence-electron chi connectivity index (χ2n) is 6.97. The summed E-state index contributed by atoms with van der Waals surface area (Å²) in [6, 6.07) is 0.534. The Hall–Kier alpha value is -0.120. The minimum absolute atomic E-state index is 0.00156. The van der Waals surface area contributed by atoms with Gasteiger partial charge in [-0.3, -0.25) is 0 Å². The molecule has 1 aliphatic heterocycles. The summed E-state index contributed by atoms with van der Waals surface area (Å²) in [4.78, 5) is 0. The summed E-state index contributed by atoms with van der Waals surface area (Å²) in [5, 5.41) is 3.73. The fraction of sp³-hybridized carbons (Fsp3) is 1.00. The number of ether oxygens (including phenoxy) is 2. The van der Waals surface area contributed by atoms with Crippen LogP contribution in [0.2, 0.25) is 0 Å². The van der Waals surface area contributed by atoms with Gasteiger partial charge in [-0.1, -0.05) is 6.92 Å². The van der Waals surface area contributed by atoms with Gasteiger partial charge in [0, 0.05) is 25.7 Å². The maximum Gasteiger partial charge on any atom is 0.0677 e. The lowest BCUT2D eigenvalue weighted by Crippen LogP contribution is -2.44. The molecule has 0 aliphatic carbocycles. The van der Waals surface area contributed by atoms with Crippen LogP contribution in [-0.4, -0.2) is 37.5 Å². The van der Waals surface area contributed by atoms with E-state index in [0.717, 1.165) is 26.0 Å². The lowest BCUT2D eigenvalue weighted by molar-refractivity contribution is -0.0780. The molecule has 1 N–H and O–H groups in total. The normalized spacial score (nSPS) is 26.5. The smallest absolute Gasteiger partial charge is 0.0677 e. The molecule has 0 radical (unpaired) electrons. The zero-order valence-electron chi connectivity index (χ0n) is 13.7. The molecular weight excluding hydrogens is 238 g/mol. The van der Waals surface area contributed by atoms with Gasteiger partial charge in [-0.25, -0.2) is 0 Å². The topological polar surface area (TPSA) is 30.5 Å². The van der Waals surface area contributed by atoms with Gasteiger partial charge < -0.3 is 14.8 Å². The van der Waals surface area contributed by atoms with Crippen LogP contribution in [0.3, 0.4) is 0 Å². The van der Waals surface area contributed by atoms with Crippen LogP contribution in [0.25, 0.3) is 0 Å². The highest BCUT2D eigenvalue weighted by Crippen LogP contribution is 2.44. The Morgan fingerprint density at radius 1 is 1.32 bits per heavy atom. The molecule has 19 heavy (non-hydrogen) atoms. The summed E-state index contributed by atoms with van der Waals surface area (Å²) < 4.78 is 11.4. The van der Waals surface area contributed by atoms with Gasteiger partial charge in [-0.15, -0.1) is 0 Å². The van der Waals surface area contributed by atoms with E-state index >= 15 is 0 Å². The number of methoxy groups -OCH3 is 1. The van der Waals surface area contributed by atoms with Crippen LogP contribution >= 0.6 is 0 Å². The highest BCUT2D eigenvalue weighted by atomic mass is 16.5. The Morgan fingerprint density at radius 2 is 2.00 bits per heavy atom. The molecule has 0 saturated carbocycles. The molecule has 114 valence electrons.